The van der Waals surface area contributed by atoms with Crippen LogP contribution in [0.1, 0.15) is 10.4 Å². The number of aromatic hydroxyl groups is 1. The summed E-state index contributed by atoms with van der Waals surface area (Å²) in [6, 6.07) is 3.95. The average molecular weight is 488 g/mol. The van der Waals surface area contributed by atoms with Crippen LogP contribution in [0.25, 0.3) is 11.3 Å². The Balaban J connectivity index is 1.53. The summed E-state index contributed by atoms with van der Waals surface area (Å²) >= 11 is 6.76. The van der Waals surface area contributed by atoms with Crippen LogP contribution in [-0.2, 0) is 0 Å². The van der Waals surface area contributed by atoms with Crippen LogP contribution in [0, 0.1) is 17.7 Å². The van der Waals surface area contributed by atoms with Gasteiger partial charge in [-0.1, -0.05) is 17.7 Å². The van der Waals surface area contributed by atoms with Crippen molar-refractivity contribution in [3.05, 3.63) is 34.6 Å². The van der Waals surface area contributed by atoms with Crippen molar-refractivity contribution in [1.82, 2.24) is 20.1 Å². The molecule has 0 bridgehead atoms. The molecule has 1 aromatic heterocycles. The van der Waals surface area contributed by atoms with Crippen molar-refractivity contribution in [2.75, 3.05) is 64.4 Å². The third-order valence-corrected chi connectivity index (χ3v) is 7.87. The molecule has 3 atom stereocenters. The van der Waals surface area contributed by atoms with Crippen LogP contribution >= 0.6 is 11.6 Å². The molecule has 1 aromatic carbocycles. The monoisotopic (exact) mass is 487 g/mol. The number of ether oxygens (including phenoxy) is 1. The van der Waals surface area contributed by atoms with Gasteiger partial charge in [0.1, 0.15) is 40.3 Å². The van der Waals surface area contributed by atoms with E-state index in [1.54, 1.807) is 0 Å². The van der Waals surface area contributed by atoms with Crippen LogP contribution in [-0.4, -0.2) is 91.3 Å². The number of fused-ring (bicyclic) bond motifs is 3. The highest BCUT2D eigenvalue weighted by atomic mass is 35.5. The predicted molar refractivity (Wildman–Crippen MR) is 126 cm³/mol. The number of benzene rings is 1. The summed E-state index contributed by atoms with van der Waals surface area (Å²) in [5, 5.41) is 13.8. The van der Waals surface area contributed by atoms with E-state index >= 15 is 0 Å². The SMILES string of the molecule is CN1CC2CN(c3nc(-c4c(O)cccc4F)c(Cl)c4c3C(=O)N3CCNC[C@@H]3CO4)CC2C1. The number of amides is 1. The van der Waals surface area contributed by atoms with Crippen LogP contribution in [0.15, 0.2) is 18.2 Å². The maximum Gasteiger partial charge on any atom is 0.261 e. The van der Waals surface area contributed by atoms with Gasteiger partial charge in [-0.25, -0.2) is 9.37 Å². The molecule has 2 aromatic rings. The van der Waals surface area contributed by atoms with E-state index in [1.165, 1.54) is 18.2 Å². The standard InChI is InChI=1S/C24H27ClFN5O3/c1-29-8-13-10-30(11-14(13)9-29)23-19-22(34-12-15-7-27-5-6-31(15)24(19)33)20(25)21(28-23)18-16(26)3-2-4-17(18)32/h2-4,13-15,27,32H,5-12H2,1H3/t13?,14?,15-/m1/s1. The van der Waals surface area contributed by atoms with Gasteiger partial charge >= 0.3 is 0 Å². The van der Waals surface area contributed by atoms with Gasteiger partial charge in [-0.15, -0.1) is 0 Å². The van der Waals surface area contributed by atoms with Gasteiger partial charge in [0.2, 0.25) is 0 Å². The van der Waals surface area contributed by atoms with Gasteiger partial charge in [0.05, 0.1) is 11.6 Å². The second-order valence-electron chi connectivity index (χ2n) is 9.75. The van der Waals surface area contributed by atoms with E-state index < -0.39 is 5.82 Å². The summed E-state index contributed by atoms with van der Waals surface area (Å²) in [7, 11) is 2.12. The van der Waals surface area contributed by atoms with Gasteiger partial charge in [0, 0.05) is 45.8 Å². The number of carbonyl (C=O) groups excluding carboxylic acids is 1. The van der Waals surface area contributed by atoms with E-state index in [2.05, 4.69) is 22.2 Å². The third kappa shape index (κ3) is 3.40. The molecule has 0 saturated carbocycles. The molecule has 180 valence electrons. The summed E-state index contributed by atoms with van der Waals surface area (Å²) in [4.78, 5) is 24.9. The van der Waals surface area contributed by atoms with E-state index in [4.69, 9.17) is 21.3 Å². The average Bonchev–Trinajstić information content (AvgIpc) is 3.31. The Bertz CT molecular complexity index is 1130. The molecule has 3 fully saturated rings. The lowest BCUT2D eigenvalue weighted by atomic mass is 10.0. The summed E-state index contributed by atoms with van der Waals surface area (Å²) in [5.74, 6) is 0.552. The number of carbonyl (C=O) groups is 1. The quantitative estimate of drug-likeness (QED) is 0.671. The fourth-order valence-electron chi connectivity index (χ4n) is 5.90. The van der Waals surface area contributed by atoms with Gasteiger partial charge in [0.25, 0.3) is 5.91 Å². The summed E-state index contributed by atoms with van der Waals surface area (Å²) < 4.78 is 21.0. The highest BCUT2D eigenvalue weighted by Crippen LogP contribution is 2.47. The lowest BCUT2D eigenvalue weighted by molar-refractivity contribution is 0.0606. The molecular formula is C24H27ClFN5O3. The molecule has 0 radical (unpaired) electrons. The molecule has 1 amide bonds. The third-order valence-electron chi connectivity index (χ3n) is 7.52. The largest absolute Gasteiger partial charge is 0.507 e. The van der Waals surface area contributed by atoms with Crippen LogP contribution in [0.5, 0.6) is 11.5 Å². The van der Waals surface area contributed by atoms with Crippen molar-refractivity contribution in [1.29, 1.82) is 0 Å². The predicted octanol–water partition coefficient (Wildman–Crippen LogP) is 2.05. The van der Waals surface area contributed by atoms with Gasteiger partial charge < -0.3 is 29.9 Å². The van der Waals surface area contributed by atoms with Crippen molar-refractivity contribution >= 4 is 23.3 Å². The zero-order valence-electron chi connectivity index (χ0n) is 18.9. The van der Waals surface area contributed by atoms with Crippen LogP contribution < -0.4 is 15.0 Å². The van der Waals surface area contributed by atoms with Crippen LogP contribution in [0.4, 0.5) is 10.2 Å². The number of nitrogens with one attached hydrogen (secondary N) is 1. The number of hydrogen-bond acceptors (Lipinski definition) is 7. The summed E-state index contributed by atoms with van der Waals surface area (Å²) in [6.07, 6.45) is 0. The number of aromatic nitrogens is 1. The Hall–Kier alpha value is -2.62. The fourth-order valence-corrected chi connectivity index (χ4v) is 6.19. The van der Waals surface area contributed by atoms with E-state index in [0.29, 0.717) is 42.9 Å². The first-order chi connectivity index (χ1) is 16.4. The zero-order valence-corrected chi connectivity index (χ0v) is 19.7. The molecule has 2 unspecified atom stereocenters. The molecule has 0 aliphatic carbocycles. The first-order valence-electron chi connectivity index (χ1n) is 11.7. The molecule has 0 spiro atoms. The Morgan fingerprint density at radius 1 is 1.21 bits per heavy atom. The number of anilines is 1. The Morgan fingerprint density at radius 2 is 1.97 bits per heavy atom. The van der Waals surface area contributed by atoms with Crippen molar-refractivity contribution < 1.29 is 19.0 Å². The molecule has 3 saturated heterocycles. The van der Waals surface area contributed by atoms with E-state index in [1.807, 2.05) is 4.90 Å². The van der Waals surface area contributed by atoms with Gasteiger partial charge in [-0.3, -0.25) is 4.79 Å². The number of nitrogens with zero attached hydrogens (tertiary/aromatic N) is 4. The normalized spacial score (nSPS) is 26.7. The summed E-state index contributed by atoms with van der Waals surface area (Å²) in [5.41, 5.74) is 0.337. The number of phenolic OH excluding ortho intramolecular Hbond substituents is 1. The molecule has 10 heteroatoms. The Morgan fingerprint density at radius 3 is 2.71 bits per heavy atom. The minimum atomic E-state index is -0.637. The van der Waals surface area contributed by atoms with Gasteiger partial charge in [-0.2, -0.15) is 0 Å². The molecule has 4 aliphatic rings. The van der Waals surface area contributed by atoms with Crippen molar-refractivity contribution in [3.63, 3.8) is 0 Å². The van der Waals surface area contributed by atoms with E-state index in [9.17, 15) is 14.3 Å². The van der Waals surface area contributed by atoms with Gasteiger partial charge in [-0.05, 0) is 31.0 Å². The lowest BCUT2D eigenvalue weighted by Gasteiger charge is -2.34. The van der Waals surface area contributed by atoms with Crippen LogP contribution in [0.2, 0.25) is 5.02 Å². The number of hydrogen-bond donors (Lipinski definition) is 2. The molecule has 5 heterocycles. The number of halogens is 2. The second-order valence-corrected chi connectivity index (χ2v) is 10.1. The molecule has 34 heavy (non-hydrogen) atoms. The number of pyridine rings is 1. The number of likely N-dealkylation sites (tertiary alicyclic amines) is 1. The van der Waals surface area contributed by atoms with E-state index in [0.717, 1.165) is 26.2 Å². The highest BCUT2D eigenvalue weighted by Gasteiger charge is 2.43. The molecular weight excluding hydrogens is 461 g/mol. The molecule has 4 aliphatic heterocycles. The van der Waals surface area contributed by atoms with Crippen LogP contribution in [0.3, 0.4) is 0 Å². The summed E-state index contributed by atoms with van der Waals surface area (Å²) in [6.45, 7) is 5.64. The van der Waals surface area contributed by atoms with Crippen molar-refractivity contribution in [3.8, 4) is 22.8 Å². The smallest absolute Gasteiger partial charge is 0.261 e. The number of piperazine rings is 1. The molecule has 8 nitrogen and oxygen atoms in total. The Labute approximate surface area is 202 Å². The molecule has 6 rings (SSSR count). The fraction of sp³-hybridized carbons (Fsp3) is 0.500. The van der Waals surface area contributed by atoms with Gasteiger partial charge in [0.15, 0.2) is 5.75 Å². The number of phenols is 1. The first-order valence-corrected chi connectivity index (χ1v) is 12.1. The first kappa shape index (κ1) is 21.9. The maximum atomic E-state index is 14.9. The maximum absolute atomic E-state index is 14.9. The Kier molecular flexibility index (Phi) is 5.31. The minimum Gasteiger partial charge on any atom is -0.507 e. The minimum absolute atomic E-state index is 0.0411. The second kappa shape index (κ2) is 8.25. The van der Waals surface area contributed by atoms with Crippen molar-refractivity contribution in [2.24, 2.45) is 11.8 Å². The van der Waals surface area contributed by atoms with E-state index in [-0.39, 0.29) is 46.3 Å². The topological polar surface area (TPSA) is 81.2 Å². The van der Waals surface area contributed by atoms with Crippen molar-refractivity contribution in [2.45, 2.75) is 6.04 Å². The lowest BCUT2D eigenvalue weighted by Crippen LogP contribution is -2.55. The zero-order chi connectivity index (χ0) is 23.6. The highest BCUT2D eigenvalue weighted by molar-refractivity contribution is 6.35. The molecule has 2 N–H and O–H groups in total. The number of rotatable bonds is 2.